The summed E-state index contributed by atoms with van der Waals surface area (Å²) in [5.74, 6) is 0.954. The molecule has 3 heterocycles. The quantitative estimate of drug-likeness (QED) is 0.545. The van der Waals surface area contributed by atoms with Gasteiger partial charge in [-0.1, -0.05) is 35.2 Å². The number of hydrogen-bond donors (Lipinski definition) is 1. The smallest absolute Gasteiger partial charge is 0.267 e. The third-order valence-electron chi connectivity index (χ3n) is 3.38. The SMILES string of the molecule is O=c1c2ccccc2nnn1CSc1n[nH]c(/C=C/c2cccs2)n1. The van der Waals surface area contributed by atoms with Crippen LogP contribution in [0.2, 0.25) is 0 Å². The fourth-order valence-corrected chi connectivity index (χ4v) is 3.47. The number of nitrogens with one attached hydrogen (secondary N) is 1. The number of H-pyrrole nitrogens is 1. The molecule has 3 aromatic heterocycles. The van der Waals surface area contributed by atoms with Crippen LogP contribution in [0.4, 0.5) is 0 Å². The molecule has 0 saturated carbocycles. The zero-order valence-electron chi connectivity index (χ0n) is 12.9. The summed E-state index contributed by atoms with van der Waals surface area (Å²) in [5.41, 5.74) is 0.416. The zero-order valence-corrected chi connectivity index (χ0v) is 14.5. The fourth-order valence-electron chi connectivity index (χ4n) is 2.17. The number of rotatable bonds is 5. The summed E-state index contributed by atoms with van der Waals surface area (Å²) in [7, 11) is 0. The Morgan fingerprint density at radius 3 is 3.00 bits per heavy atom. The standard InChI is InChI=1S/C16H12N6OS2/c23-15-12-5-1-2-6-13(12)18-21-22(15)10-25-16-17-14(19-20-16)8-7-11-4-3-9-24-11/h1-9H,10H2,(H,17,19,20)/b8-7+. The number of thioether (sulfide) groups is 1. The van der Waals surface area contributed by atoms with E-state index in [9.17, 15) is 4.79 Å². The van der Waals surface area contributed by atoms with E-state index in [4.69, 9.17) is 0 Å². The number of hydrogen-bond acceptors (Lipinski definition) is 7. The van der Waals surface area contributed by atoms with Crippen LogP contribution in [0.5, 0.6) is 0 Å². The molecule has 0 bridgehead atoms. The van der Waals surface area contributed by atoms with Gasteiger partial charge in [-0.05, 0) is 35.7 Å². The largest absolute Gasteiger partial charge is 0.278 e. The summed E-state index contributed by atoms with van der Waals surface area (Å²) in [6.07, 6.45) is 3.84. The lowest BCUT2D eigenvalue weighted by Gasteiger charge is -2.02. The molecule has 7 nitrogen and oxygen atoms in total. The minimum absolute atomic E-state index is 0.175. The van der Waals surface area contributed by atoms with Crippen molar-refractivity contribution in [1.29, 1.82) is 0 Å². The van der Waals surface area contributed by atoms with Gasteiger partial charge in [-0.25, -0.2) is 4.98 Å². The Morgan fingerprint density at radius 2 is 2.12 bits per heavy atom. The van der Waals surface area contributed by atoms with E-state index in [1.807, 2.05) is 41.8 Å². The lowest BCUT2D eigenvalue weighted by Crippen LogP contribution is -2.23. The number of fused-ring (bicyclic) bond motifs is 1. The van der Waals surface area contributed by atoms with Gasteiger partial charge in [-0.15, -0.1) is 21.5 Å². The number of aromatic nitrogens is 6. The summed E-state index contributed by atoms with van der Waals surface area (Å²) >= 11 is 2.97. The first kappa shape index (κ1) is 15.7. The summed E-state index contributed by atoms with van der Waals surface area (Å²) in [6, 6.07) is 11.2. The topological polar surface area (TPSA) is 89.4 Å². The lowest BCUT2D eigenvalue weighted by molar-refractivity contribution is 0.644. The Hall–Kier alpha value is -2.78. The van der Waals surface area contributed by atoms with Crippen molar-refractivity contribution in [1.82, 2.24) is 30.2 Å². The van der Waals surface area contributed by atoms with Crippen LogP contribution in [0, 0.1) is 0 Å². The van der Waals surface area contributed by atoms with E-state index in [2.05, 4.69) is 25.5 Å². The van der Waals surface area contributed by atoms with E-state index in [0.29, 0.717) is 27.8 Å². The first-order valence-corrected chi connectivity index (χ1v) is 9.25. The molecule has 9 heteroatoms. The molecule has 0 aliphatic carbocycles. The van der Waals surface area contributed by atoms with Crippen molar-refractivity contribution in [3.8, 4) is 0 Å². The molecule has 4 rings (SSSR count). The second-order valence-corrected chi connectivity index (χ2v) is 6.93. The van der Waals surface area contributed by atoms with Crippen molar-refractivity contribution in [2.75, 3.05) is 0 Å². The molecular weight excluding hydrogens is 356 g/mol. The second kappa shape index (κ2) is 6.99. The first-order valence-electron chi connectivity index (χ1n) is 7.39. The fraction of sp³-hybridized carbons (Fsp3) is 0.0625. The Labute approximate surface area is 150 Å². The van der Waals surface area contributed by atoms with Crippen LogP contribution in [-0.4, -0.2) is 30.2 Å². The predicted molar refractivity (Wildman–Crippen MR) is 99.3 cm³/mol. The zero-order chi connectivity index (χ0) is 17.1. The van der Waals surface area contributed by atoms with Crippen LogP contribution in [0.1, 0.15) is 10.7 Å². The Balaban J connectivity index is 1.47. The van der Waals surface area contributed by atoms with Gasteiger partial charge in [-0.3, -0.25) is 9.89 Å². The molecule has 0 spiro atoms. The molecule has 0 fully saturated rings. The summed E-state index contributed by atoms with van der Waals surface area (Å²) in [6.45, 7) is 0. The van der Waals surface area contributed by atoms with E-state index in [-0.39, 0.29) is 5.56 Å². The van der Waals surface area contributed by atoms with Gasteiger partial charge in [0.1, 0.15) is 11.3 Å². The van der Waals surface area contributed by atoms with Gasteiger partial charge in [0.15, 0.2) is 0 Å². The number of nitrogens with zero attached hydrogens (tertiary/aromatic N) is 5. The summed E-state index contributed by atoms with van der Waals surface area (Å²) < 4.78 is 1.31. The highest BCUT2D eigenvalue weighted by Crippen LogP contribution is 2.16. The first-order chi connectivity index (χ1) is 12.3. The number of benzene rings is 1. The Morgan fingerprint density at radius 1 is 1.20 bits per heavy atom. The molecule has 0 atom stereocenters. The van der Waals surface area contributed by atoms with E-state index in [1.165, 1.54) is 16.4 Å². The average molecular weight is 368 g/mol. The second-order valence-electron chi connectivity index (χ2n) is 5.04. The third-order valence-corrected chi connectivity index (χ3v) is 5.03. The van der Waals surface area contributed by atoms with Crippen molar-refractivity contribution < 1.29 is 0 Å². The number of aromatic amines is 1. The maximum Gasteiger partial charge on any atom is 0.278 e. The minimum atomic E-state index is -0.175. The van der Waals surface area contributed by atoms with Gasteiger partial charge in [0.2, 0.25) is 5.16 Å². The Bertz CT molecular complexity index is 1080. The minimum Gasteiger partial charge on any atom is -0.267 e. The molecule has 1 N–H and O–H groups in total. The number of thiophene rings is 1. The molecule has 25 heavy (non-hydrogen) atoms. The molecule has 1 aromatic carbocycles. The van der Waals surface area contributed by atoms with Crippen LogP contribution >= 0.6 is 23.1 Å². The third kappa shape index (κ3) is 3.52. The normalized spacial score (nSPS) is 11.5. The molecule has 0 aliphatic heterocycles. The summed E-state index contributed by atoms with van der Waals surface area (Å²) in [4.78, 5) is 17.9. The molecule has 0 aliphatic rings. The van der Waals surface area contributed by atoms with Crippen molar-refractivity contribution >= 4 is 46.2 Å². The van der Waals surface area contributed by atoms with E-state index < -0.39 is 0 Å². The average Bonchev–Trinajstić information content (AvgIpc) is 3.31. The van der Waals surface area contributed by atoms with Crippen LogP contribution < -0.4 is 5.56 Å². The highest BCUT2D eigenvalue weighted by atomic mass is 32.2. The van der Waals surface area contributed by atoms with E-state index in [0.717, 1.165) is 4.88 Å². The maximum atomic E-state index is 12.4. The van der Waals surface area contributed by atoms with Crippen LogP contribution in [0.3, 0.4) is 0 Å². The van der Waals surface area contributed by atoms with Gasteiger partial charge in [0.25, 0.3) is 5.56 Å². The van der Waals surface area contributed by atoms with Crippen LogP contribution in [-0.2, 0) is 5.88 Å². The van der Waals surface area contributed by atoms with Crippen molar-refractivity contribution in [2.24, 2.45) is 0 Å². The predicted octanol–water partition coefficient (Wildman–Crippen LogP) is 2.89. The van der Waals surface area contributed by atoms with Crippen LogP contribution in [0.15, 0.2) is 51.7 Å². The van der Waals surface area contributed by atoms with Crippen LogP contribution in [0.25, 0.3) is 23.1 Å². The van der Waals surface area contributed by atoms with Gasteiger partial charge in [0.05, 0.1) is 11.3 Å². The van der Waals surface area contributed by atoms with Gasteiger partial charge >= 0.3 is 0 Å². The van der Waals surface area contributed by atoms with E-state index in [1.54, 1.807) is 23.5 Å². The van der Waals surface area contributed by atoms with Gasteiger partial charge in [-0.2, -0.15) is 4.68 Å². The van der Waals surface area contributed by atoms with Crippen molar-refractivity contribution in [2.45, 2.75) is 11.0 Å². The monoisotopic (exact) mass is 368 g/mol. The van der Waals surface area contributed by atoms with Crippen molar-refractivity contribution in [3.63, 3.8) is 0 Å². The maximum absolute atomic E-state index is 12.4. The van der Waals surface area contributed by atoms with Crippen molar-refractivity contribution in [3.05, 3.63) is 62.8 Å². The molecule has 124 valence electrons. The highest BCUT2D eigenvalue weighted by molar-refractivity contribution is 7.98. The molecular formula is C16H12N6OS2. The summed E-state index contributed by atoms with van der Waals surface area (Å²) in [5, 5.41) is 18.1. The van der Waals surface area contributed by atoms with E-state index >= 15 is 0 Å². The lowest BCUT2D eigenvalue weighted by atomic mass is 10.2. The molecule has 4 aromatic rings. The van der Waals surface area contributed by atoms with Gasteiger partial charge in [0, 0.05) is 4.88 Å². The molecule has 0 unspecified atom stereocenters. The highest BCUT2D eigenvalue weighted by Gasteiger charge is 2.07. The molecule has 0 saturated heterocycles. The van der Waals surface area contributed by atoms with Gasteiger partial charge < -0.3 is 0 Å². The Kier molecular flexibility index (Phi) is 4.40. The molecule has 0 amide bonds. The molecule has 0 radical (unpaired) electrons.